The Bertz CT molecular complexity index is 509. The van der Waals surface area contributed by atoms with E-state index in [1.54, 1.807) is 4.68 Å². The summed E-state index contributed by atoms with van der Waals surface area (Å²) in [5.41, 5.74) is 2.02. The quantitative estimate of drug-likeness (QED) is 0.876. The fourth-order valence-electron chi connectivity index (χ4n) is 3.14. The second kappa shape index (κ2) is 8.34. The molecule has 1 N–H and O–H groups in total. The summed E-state index contributed by atoms with van der Waals surface area (Å²) < 4.78 is 7.57. The molecule has 1 aliphatic heterocycles. The second-order valence-electron chi connectivity index (χ2n) is 6.45. The Hall–Kier alpha value is -1.56. The first kappa shape index (κ1) is 17.8. The molecule has 2 atom stereocenters. The largest absolute Gasteiger partial charge is 0.376 e. The number of carbonyl (C=O) groups excluding carboxylic acids is 1. The van der Waals surface area contributed by atoms with Crippen LogP contribution in [0.5, 0.6) is 0 Å². The summed E-state index contributed by atoms with van der Waals surface area (Å²) in [5.74, 6) is 0. The highest BCUT2D eigenvalue weighted by Gasteiger charge is 2.23. The summed E-state index contributed by atoms with van der Waals surface area (Å²) in [6.45, 7) is 8.32. The Labute approximate surface area is 139 Å². The van der Waals surface area contributed by atoms with Gasteiger partial charge in [0.2, 0.25) is 0 Å². The van der Waals surface area contributed by atoms with E-state index in [-0.39, 0.29) is 18.2 Å². The first-order valence-corrected chi connectivity index (χ1v) is 8.68. The van der Waals surface area contributed by atoms with Gasteiger partial charge < -0.3 is 15.0 Å². The highest BCUT2D eigenvalue weighted by Crippen LogP contribution is 2.17. The Kier molecular flexibility index (Phi) is 6.45. The van der Waals surface area contributed by atoms with E-state index in [2.05, 4.69) is 17.3 Å². The van der Waals surface area contributed by atoms with Gasteiger partial charge in [-0.1, -0.05) is 6.92 Å². The third-order valence-electron chi connectivity index (χ3n) is 4.34. The predicted octanol–water partition coefficient (Wildman–Crippen LogP) is 2.78. The van der Waals surface area contributed by atoms with Crippen molar-refractivity contribution in [2.45, 2.75) is 58.6 Å². The maximum Gasteiger partial charge on any atom is 0.317 e. The molecule has 130 valence electrons. The molecule has 23 heavy (non-hydrogen) atoms. The van der Waals surface area contributed by atoms with Gasteiger partial charge in [0.1, 0.15) is 0 Å². The highest BCUT2D eigenvalue weighted by atomic mass is 16.5. The van der Waals surface area contributed by atoms with Crippen LogP contribution in [0.25, 0.3) is 0 Å². The molecule has 0 aliphatic carbocycles. The lowest BCUT2D eigenvalue weighted by molar-refractivity contribution is 0.000565. The molecule has 0 radical (unpaired) electrons. The van der Waals surface area contributed by atoms with E-state index in [1.807, 2.05) is 32.0 Å². The topological polar surface area (TPSA) is 59.4 Å². The van der Waals surface area contributed by atoms with Crippen molar-refractivity contribution in [3.05, 3.63) is 17.5 Å². The van der Waals surface area contributed by atoms with Crippen LogP contribution in [-0.2, 0) is 11.8 Å². The zero-order chi connectivity index (χ0) is 16.8. The van der Waals surface area contributed by atoms with Gasteiger partial charge in [-0.3, -0.25) is 4.68 Å². The van der Waals surface area contributed by atoms with Crippen molar-refractivity contribution in [1.82, 2.24) is 20.0 Å². The van der Waals surface area contributed by atoms with Crippen LogP contribution in [0.1, 0.15) is 56.8 Å². The van der Waals surface area contributed by atoms with Crippen LogP contribution < -0.4 is 5.32 Å². The zero-order valence-corrected chi connectivity index (χ0v) is 14.8. The minimum absolute atomic E-state index is 0.0169. The van der Waals surface area contributed by atoms with E-state index in [0.717, 1.165) is 43.7 Å². The van der Waals surface area contributed by atoms with E-state index in [9.17, 15) is 4.79 Å². The Balaban J connectivity index is 1.95. The molecule has 0 aromatic carbocycles. The molecule has 0 bridgehead atoms. The molecule has 1 aromatic heterocycles. The minimum Gasteiger partial charge on any atom is -0.376 e. The number of amides is 2. The van der Waals surface area contributed by atoms with Crippen LogP contribution in [0.4, 0.5) is 4.79 Å². The molecular weight excluding hydrogens is 292 g/mol. The molecule has 6 heteroatoms. The van der Waals surface area contributed by atoms with Gasteiger partial charge in [0, 0.05) is 38.5 Å². The van der Waals surface area contributed by atoms with Gasteiger partial charge in [0.15, 0.2) is 0 Å². The van der Waals surface area contributed by atoms with Gasteiger partial charge in [0.25, 0.3) is 0 Å². The van der Waals surface area contributed by atoms with Gasteiger partial charge in [-0.2, -0.15) is 5.10 Å². The summed E-state index contributed by atoms with van der Waals surface area (Å²) in [6.07, 6.45) is 6.46. The molecule has 1 fully saturated rings. The highest BCUT2D eigenvalue weighted by molar-refractivity contribution is 5.74. The summed E-state index contributed by atoms with van der Waals surface area (Å²) >= 11 is 0. The normalized spacial score (nSPS) is 19.4. The molecule has 2 rings (SSSR count). The fraction of sp³-hybridized carbons (Fsp3) is 0.765. The number of urea groups is 1. The van der Waals surface area contributed by atoms with E-state index in [1.165, 1.54) is 6.42 Å². The second-order valence-corrected chi connectivity index (χ2v) is 6.45. The van der Waals surface area contributed by atoms with Crippen LogP contribution in [0.15, 0.2) is 6.20 Å². The number of carbonyl (C=O) groups is 1. The van der Waals surface area contributed by atoms with Crippen LogP contribution in [0.3, 0.4) is 0 Å². The third-order valence-corrected chi connectivity index (χ3v) is 4.34. The molecule has 2 amide bonds. The monoisotopic (exact) mass is 322 g/mol. The lowest BCUT2D eigenvalue weighted by Gasteiger charge is -2.30. The lowest BCUT2D eigenvalue weighted by Crippen LogP contribution is -2.46. The number of hydrogen-bond donors (Lipinski definition) is 1. The summed E-state index contributed by atoms with van der Waals surface area (Å²) in [5, 5.41) is 7.45. The first-order chi connectivity index (χ1) is 11.0. The molecule has 2 heterocycles. The van der Waals surface area contributed by atoms with Crippen molar-refractivity contribution in [1.29, 1.82) is 0 Å². The van der Waals surface area contributed by atoms with Crippen molar-refractivity contribution in [3.63, 3.8) is 0 Å². The van der Waals surface area contributed by atoms with Crippen molar-refractivity contribution in [2.75, 3.05) is 19.7 Å². The molecular formula is C17H30N4O2. The van der Waals surface area contributed by atoms with Crippen LogP contribution in [0.2, 0.25) is 0 Å². The number of ether oxygens (including phenoxy) is 1. The smallest absolute Gasteiger partial charge is 0.317 e. The maximum absolute atomic E-state index is 12.6. The van der Waals surface area contributed by atoms with Gasteiger partial charge in [-0.25, -0.2) is 4.79 Å². The lowest BCUT2D eigenvalue weighted by atomic mass is 10.1. The van der Waals surface area contributed by atoms with E-state index in [4.69, 9.17) is 4.74 Å². The molecule has 0 unspecified atom stereocenters. The summed E-state index contributed by atoms with van der Waals surface area (Å²) in [4.78, 5) is 14.5. The van der Waals surface area contributed by atoms with Gasteiger partial charge in [-0.15, -0.1) is 0 Å². The van der Waals surface area contributed by atoms with Gasteiger partial charge in [-0.05, 0) is 39.5 Å². The van der Waals surface area contributed by atoms with Crippen molar-refractivity contribution < 1.29 is 9.53 Å². The van der Waals surface area contributed by atoms with Crippen LogP contribution in [0, 0.1) is 6.92 Å². The number of aryl methyl sites for hydroxylation is 2. The van der Waals surface area contributed by atoms with Gasteiger partial charge in [0.05, 0.1) is 17.8 Å². The van der Waals surface area contributed by atoms with Crippen molar-refractivity contribution in [3.8, 4) is 0 Å². The maximum atomic E-state index is 12.6. The number of nitrogens with zero attached hydrogens (tertiary/aromatic N) is 3. The third kappa shape index (κ3) is 4.96. The van der Waals surface area contributed by atoms with Crippen LogP contribution >= 0.6 is 0 Å². The summed E-state index contributed by atoms with van der Waals surface area (Å²) in [6, 6.07) is -0.0698. The zero-order valence-electron chi connectivity index (χ0n) is 14.8. The van der Waals surface area contributed by atoms with Gasteiger partial charge >= 0.3 is 6.03 Å². The predicted molar refractivity (Wildman–Crippen MR) is 90.3 cm³/mol. The molecule has 1 aliphatic rings. The van der Waals surface area contributed by atoms with E-state index < -0.39 is 0 Å². The molecule has 0 spiro atoms. The molecule has 6 nitrogen and oxygen atoms in total. The molecule has 0 saturated carbocycles. The van der Waals surface area contributed by atoms with Crippen LogP contribution in [-0.4, -0.2) is 46.5 Å². The van der Waals surface area contributed by atoms with E-state index >= 15 is 0 Å². The fourth-order valence-corrected chi connectivity index (χ4v) is 3.14. The Morgan fingerprint density at radius 3 is 2.91 bits per heavy atom. The summed E-state index contributed by atoms with van der Waals surface area (Å²) in [7, 11) is 1.90. The standard InChI is InChI=1S/C17H30N4O2/c1-5-9-21(11-15-8-6-7-10-23-15)17(22)18-13(2)16-12-20(4)19-14(16)3/h12-13,15H,5-11H2,1-4H3,(H,18,22)/t13-,15+/m1/s1. The van der Waals surface area contributed by atoms with Crippen molar-refractivity contribution >= 4 is 6.03 Å². The molecule has 1 saturated heterocycles. The number of aromatic nitrogens is 2. The van der Waals surface area contributed by atoms with Crippen molar-refractivity contribution in [2.24, 2.45) is 7.05 Å². The average Bonchev–Trinajstić information content (AvgIpc) is 2.86. The number of rotatable bonds is 6. The Morgan fingerprint density at radius 2 is 2.35 bits per heavy atom. The van der Waals surface area contributed by atoms with E-state index in [0.29, 0.717) is 6.54 Å². The Morgan fingerprint density at radius 1 is 1.57 bits per heavy atom. The first-order valence-electron chi connectivity index (χ1n) is 8.68. The molecule has 1 aromatic rings. The minimum atomic E-state index is -0.0529. The number of hydrogen-bond acceptors (Lipinski definition) is 3. The SMILES string of the molecule is CCCN(C[C@@H]1CCCCO1)C(=O)N[C@H](C)c1cn(C)nc1C. The number of nitrogens with one attached hydrogen (secondary N) is 1. The average molecular weight is 322 g/mol.